The fourth-order valence-electron chi connectivity index (χ4n) is 1.93. The molecule has 2 aromatic carbocycles. The van der Waals surface area contributed by atoms with Crippen molar-refractivity contribution in [2.24, 2.45) is 0 Å². The number of benzene rings is 2. The lowest BCUT2D eigenvalue weighted by atomic mass is 10.1. The normalized spacial score (nSPS) is 13.0. The third-order valence-corrected chi connectivity index (χ3v) is 5.71. The smallest absolute Gasteiger partial charge is 0.212 e. The molecule has 1 N–H and O–H groups in total. The Bertz CT molecular complexity index is 675. The standard InChI is InChI=1S/C15H15BrINO2S/c16-14-8-6-12(7-9-14)11-21(19,20)18-15(10-17)13-4-2-1-3-5-13/h1-9,15,18H,10-11H2/t15-/m1/s1. The molecule has 0 aromatic heterocycles. The third kappa shape index (κ3) is 5.36. The lowest BCUT2D eigenvalue weighted by molar-refractivity contribution is 0.568. The van der Waals surface area contributed by atoms with Crippen LogP contribution in [0.15, 0.2) is 59.1 Å². The minimum atomic E-state index is -3.38. The van der Waals surface area contributed by atoms with Gasteiger partial charge >= 0.3 is 0 Å². The van der Waals surface area contributed by atoms with E-state index < -0.39 is 10.0 Å². The van der Waals surface area contributed by atoms with Crippen molar-refractivity contribution in [1.29, 1.82) is 0 Å². The zero-order valence-electron chi connectivity index (χ0n) is 11.2. The maximum atomic E-state index is 12.3. The van der Waals surface area contributed by atoms with Gasteiger partial charge in [-0.2, -0.15) is 0 Å². The van der Waals surface area contributed by atoms with Crippen molar-refractivity contribution >= 4 is 48.5 Å². The van der Waals surface area contributed by atoms with Gasteiger partial charge in [-0.25, -0.2) is 13.1 Å². The predicted octanol–water partition coefficient (Wildman–Crippen LogP) is 4.04. The quantitative estimate of drug-likeness (QED) is 0.502. The molecule has 2 aromatic rings. The fourth-order valence-corrected chi connectivity index (χ4v) is 4.59. The van der Waals surface area contributed by atoms with E-state index in [0.29, 0.717) is 4.43 Å². The van der Waals surface area contributed by atoms with Gasteiger partial charge in [0.25, 0.3) is 0 Å². The Kier molecular flexibility index (Phi) is 6.21. The van der Waals surface area contributed by atoms with Crippen molar-refractivity contribution in [1.82, 2.24) is 4.72 Å². The molecule has 0 saturated carbocycles. The molecule has 112 valence electrons. The Morgan fingerprint density at radius 1 is 1.05 bits per heavy atom. The van der Waals surface area contributed by atoms with E-state index in [4.69, 9.17) is 0 Å². The minimum Gasteiger partial charge on any atom is -0.212 e. The Hall–Kier alpha value is -0.440. The fraction of sp³-hybridized carbons (Fsp3) is 0.200. The maximum absolute atomic E-state index is 12.3. The van der Waals surface area contributed by atoms with Gasteiger partial charge in [-0.1, -0.05) is 81.0 Å². The van der Waals surface area contributed by atoms with Gasteiger partial charge in [0.05, 0.1) is 11.8 Å². The monoisotopic (exact) mass is 479 g/mol. The topological polar surface area (TPSA) is 46.2 Å². The molecule has 6 heteroatoms. The summed E-state index contributed by atoms with van der Waals surface area (Å²) >= 11 is 5.54. The first-order valence-corrected chi connectivity index (χ1v) is 10.3. The van der Waals surface area contributed by atoms with Gasteiger partial charge in [-0.05, 0) is 23.3 Å². The van der Waals surface area contributed by atoms with Crippen LogP contribution in [-0.2, 0) is 15.8 Å². The molecule has 0 aliphatic carbocycles. The highest BCUT2D eigenvalue weighted by Gasteiger charge is 2.18. The molecule has 0 amide bonds. The van der Waals surface area contributed by atoms with Crippen LogP contribution in [0.2, 0.25) is 0 Å². The second-order valence-corrected chi connectivity index (χ2v) is 8.17. The van der Waals surface area contributed by atoms with Crippen molar-refractivity contribution in [3.05, 3.63) is 70.2 Å². The molecule has 0 aliphatic rings. The van der Waals surface area contributed by atoms with Crippen LogP contribution in [0.3, 0.4) is 0 Å². The van der Waals surface area contributed by atoms with Crippen LogP contribution < -0.4 is 4.72 Å². The molecule has 0 fully saturated rings. The van der Waals surface area contributed by atoms with Crippen LogP contribution in [0.5, 0.6) is 0 Å². The molecule has 2 rings (SSSR count). The predicted molar refractivity (Wildman–Crippen MR) is 98.0 cm³/mol. The van der Waals surface area contributed by atoms with Gasteiger partial charge in [-0.3, -0.25) is 0 Å². The van der Waals surface area contributed by atoms with E-state index in [1.807, 2.05) is 54.6 Å². The summed E-state index contributed by atoms with van der Waals surface area (Å²) in [4.78, 5) is 0. The molecule has 0 radical (unpaired) electrons. The molecular weight excluding hydrogens is 465 g/mol. The summed E-state index contributed by atoms with van der Waals surface area (Å²) in [5.41, 5.74) is 1.75. The van der Waals surface area contributed by atoms with E-state index in [9.17, 15) is 8.42 Å². The Morgan fingerprint density at radius 3 is 2.24 bits per heavy atom. The number of alkyl halides is 1. The summed E-state index contributed by atoms with van der Waals surface area (Å²) in [5.74, 6) is -0.0136. The van der Waals surface area contributed by atoms with Crippen LogP contribution in [0.1, 0.15) is 17.2 Å². The summed E-state index contributed by atoms with van der Waals surface area (Å²) in [6, 6.07) is 16.7. The van der Waals surface area contributed by atoms with Gasteiger partial charge in [0.15, 0.2) is 0 Å². The summed E-state index contributed by atoms with van der Waals surface area (Å²) in [6.07, 6.45) is 0. The molecule has 0 aliphatic heterocycles. The van der Waals surface area contributed by atoms with Crippen molar-refractivity contribution in [3.8, 4) is 0 Å². The second kappa shape index (κ2) is 7.71. The lowest BCUT2D eigenvalue weighted by Gasteiger charge is -2.17. The largest absolute Gasteiger partial charge is 0.216 e. The van der Waals surface area contributed by atoms with Gasteiger partial charge < -0.3 is 0 Å². The van der Waals surface area contributed by atoms with Crippen LogP contribution in [-0.4, -0.2) is 12.8 Å². The van der Waals surface area contributed by atoms with Crippen LogP contribution >= 0.6 is 38.5 Å². The highest BCUT2D eigenvalue weighted by molar-refractivity contribution is 14.1. The van der Waals surface area contributed by atoms with E-state index in [1.165, 1.54) is 0 Å². The van der Waals surface area contributed by atoms with Crippen molar-refractivity contribution in [3.63, 3.8) is 0 Å². The summed E-state index contributed by atoms with van der Waals surface area (Å²) in [6.45, 7) is 0. The molecule has 0 saturated heterocycles. The Labute approximate surface area is 147 Å². The molecule has 1 atom stereocenters. The van der Waals surface area contributed by atoms with Crippen molar-refractivity contribution in [2.45, 2.75) is 11.8 Å². The number of nitrogens with one attached hydrogen (secondary N) is 1. The number of rotatable bonds is 6. The molecule has 0 unspecified atom stereocenters. The van der Waals surface area contributed by atoms with Gasteiger partial charge in [0.2, 0.25) is 10.0 Å². The molecular formula is C15H15BrINO2S. The first-order chi connectivity index (χ1) is 10.00. The minimum absolute atomic E-state index is 0.0136. The second-order valence-electron chi connectivity index (χ2n) is 4.62. The van der Waals surface area contributed by atoms with E-state index in [1.54, 1.807) is 0 Å². The van der Waals surface area contributed by atoms with E-state index >= 15 is 0 Å². The summed E-state index contributed by atoms with van der Waals surface area (Å²) in [7, 11) is -3.38. The van der Waals surface area contributed by atoms with Crippen LogP contribution in [0.4, 0.5) is 0 Å². The Balaban J connectivity index is 2.10. The zero-order valence-corrected chi connectivity index (χ0v) is 15.7. The Morgan fingerprint density at radius 2 is 1.67 bits per heavy atom. The van der Waals surface area contributed by atoms with Crippen molar-refractivity contribution < 1.29 is 8.42 Å². The lowest BCUT2D eigenvalue weighted by Crippen LogP contribution is -2.30. The first-order valence-electron chi connectivity index (χ1n) is 6.35. The molecule has 0 bridgehead atoms. The average molecular weight is 480 g/mol. The zero-order chi connectivity index (χ0) is 15.3. The number of sulfonamides is 1. The van der Waals surface area contributed by atoms with E-state index in [2.05, 4.69) is 43.2 Å². The maximum Gasteiger partial charge on any atom is 0.216 e. The van der Waals surface area contributed by atoms with Gasteiger partial charge in [0, 0.05) is 8.90 Å². The number of halogens is 2. The van der Waals surface area contributed by atoms with Gasteiger partial charge in [0.1, 0.15) is 0 Å². The number of hydrogen-bond donors (Lipinski definition) is 1. The molecule has 0 spiro atoms. The highest BCUT2D eigenvalue weighted by atomic mass is 127. The van der Waals surface area contributed by atoms with E-state index in [-0.39, 0.29) is 11.8 Å². The SMILES string of the molecule is O=S(=O)(Cc1ccc(Br)cc1)N[C@H](CI)c1ccccc1. The van der Waals surface area contributed by atoms with Crippen LogP contribution in [0.25, 0.3) is 0 Å². The molecule has 0 heterocycles. The third-order valence-electron chi connectivity index (χ3n) is 2.95. The summed E-state index contributed by atoms with van der Waals surface area (Å²) < 4.78 is 29.0. The first kappa shape index (κ1) is 16.9. The van der Waals surface area contributed by atoms with Gasteiger partial charge in [-0.15, -0.1) is 0 Å². The summed E-state index contributed by atoms with van der Waals surface area (Å²) in [5, 5.41) is 0. The highest BCUT2D eigenvalue weighted by Crippen LogP contribution is 2.18. The van der Waals surface area contributed by atoms with Crippen molar-refractivity contribution in [2.75, 3.05) is 4.43 Å². The molecule has 21 heavy (non-hydrogen) atoms. The number of hydrogen-bond acceptors (Lipinski definition) is 2. The van der Waals surface area contributed by atoms with E-state index in [0.717, 1.165) is 15.6 Å². The van der Waals surface area contributed by atoms with Crippen LogP contribution in [0, 0.1) is 0 Å². The average Bonchev–Trinajstić information content (AvgIpc) is 2.48. The molecule has 3 nitrogen and oxygen atoms in total.